The molecular weight excluding hydrogens is 298 g/mol. The van der Waals surface area contributed by atoms with Gasteiger partial charge < -0.3 is 10.2 Å². The second-order valence-electron chi connectivity index (χ2n) is 4.35. The predicted octanol–water partition coefficient (Wildman–Crippen LogP) is 2.15. The van der Waals surface area contributed by atoms with Crippen LogP contribution in [0.5, 0.6) is 0 Å². The lowest BCUT2D eigenvalue weighted by molar-refractivity contribution is 0.458. The summed E-state index contributed by atoms with van der Waals surface area (Å²) < 4.78 is 29.8. The summed E-state index contributed by atoms with van der Waals surface area (Å²) in [6.07, 6.45) is 0. The Morgan fingerprint density at radius 3 is 2.85 bits per heavy atom. The van der Waals surface area contributed by atoms with Gasteiger partial charge in [-0.25, -0.2) is 13.4 Å². The molecule has 0 saturated carbocycles. The largest absolute Gasteiger partial charge is 0.428 e. The van der Waals surface area contributed by atoms with E-state index in [4.69, 9.17) is 10.2 Å². The standard InChI is InChI=1S/C12H11N3O3S2/c1-7-5-19-11(14-7)6-20(16,17)12-15-9-4-8(13)2-3-10(9)18-12/h2-5H,6,13H2,1H3. The maximum absolute atomic E-state index is 12.2. The molecule has 0 unspecified atom stereocenters. The molecule has 0 bridgehead atoms. The lowest BCUT2D eigenvalue weighted by atomic mass is 10.3. The van der Waals surface area contributed by atoms with Crippen molar-refractivity contribution in [3.8, 4) is 0 Å². The van der Waals surface area contributed by atoms with Crippen molar-refractivity contribution in [2.24, 2.45) is 0 Å². The van der Waals surface area contributed by atoms with Gasteiger partial charge in [0, 0.05) is 16.8 Å². The molecule has 0 aliphatic heterocycles. The summed E-state index contributed by atoms with van der Waals surface area (Å²) in [6.45, 7) is 1.81. The van der Waals surface area contributed by atoms with Crippen molar-refractivity contribution in [2.45, 2.75) is 17.9 Å². The molecule has 0 spiro atoms. The van der Waals surface area contributed by atoms with Crippen LogP contribution in [0.2, 0.25) is 0 Å². The van der Waals surface area contributed by atoms with E-state index in [1.807, 2.05) is 6.92 Å². The third-order valence-corrected chi connectivity index (χ3v) is 5.15. The van der Waals surface area contributed by atoms with Gasteiger partial charge in [-0.1, -0.05) is 0 Å². The molecule has 8 heteroatoms. The van der Waals surface area contributed by atoms with Gasteiger partial charge in [-0.05, 0) is 25.1 Å². The van der Waals surface area contributed by atoms with E-state index in [9.17, 15) is 8.42 Å². The van der Waals surface area contributed by atoms with Crippen molar-refractivity contribution in [1.82, 2.24) is 9.97 Å². The third kappa shape index (κ3) is 2.39. The number of nitrogens with zero attached hydrogens (tertiary/aromatic N) is 2. The Hall–Kier alpha value is -1.93. The first-order valence-electron chi connectivity index (χ1n) is 5.74. The first-order valence-corrected chi connectivity index (χ1v) is 8.27. The molecule has 6 nitrogen and oxygen atoms in total. The van der Waals surface area contributed by atoms with Crippen molar-refractivity contribution in [1.29, 1.82) is 0 Å². The highest BCUT2D eigenvalue weighted by Gasteiger charge is 2.24. The van der Waals surface area contributed by atoms with Gasteiger partial charge in [0.25, 0.3) is 0 Å². The first kappa shape index (κ1) is 13.1. The van der Waals surface area contributed by atoms with E-state index in [2.05, 4.69) is 9.97 Å². The molecule has 0 fully saturated rings. The smallest absolute Gasteiger partial charge is 0.316 e. The van der Waals surface area contributed by atoms with Crippen LogP contribution in [0.3, 0.4) is 0 Å². The quantitative estimate of drug-likeness (QED) is 0.744. The predicted molar refractivity (Wildman–Crippen MR) is 76.2 cm³/mol. The van der Waals surface area contributed by atoms with Crippen molar-refractivity contribution in [3.63, 3.8) is 0 Å². The summed E-state index contributed by atoms with van der Waals surface area (Å²) in [7, 11) is -3.65. The molecule has 0 saturated heterocycles. The van der Waals surface area contributed by atoms with Crippen LogP contribution in [0.4, 0.5) is 5.69 Å². The molecule has 3 rings (SSSR count). The van der Waals surface area contributed by atoms with E-state index in [0.717, 1.165) is 5.69 Å². The molecule has 1 aromatic carbocycles. The third-order valence-electron chi connectivity index (χ3n) is 2.64. The normalized spacial score (nSPS) is 12.1. The Kier molecular flexibility index (Phi) is 2.98. The molecule has 3 aromatic rings. The first-order chi connectivity index (χ1) is 9.44. The number of anilines is 1. The number of nitrogen functional groups attached to an aromatic ring is 1. The van der Waals surface area contributed by atoms with Crippen molar-refractivity contribution in [3.05, 3.63) is 34.3 Å². The van der Waals surface area contributed by atoms with Crippen LogP contribution in [0, 0.1) is 6.92 Å². The van der Waals surface area contributed by atoms with Crippen LogP contribution in [0.25, 0.3) is 11.1 Å². The monoisotopic (exact) mass is 309 g/mol. The van der Waals surface area contributed by atoms with Crippen LogP contribution in [-0.4, -0.2) is 18.4 Å². The number of oxazole rings is 1. The minimum atomic E-state index is -3.65. The molecule has 0 aliphatic rings. The summed E-state index contributed by atoms with van der Waals surface area (Å²) in [5.41, 5.74) is 7.76. The van der Waals surface area contributed by atoms with Crippen LogP contribution in [-0.2, 0) is 15.6 Å². The van der Waals surface area contributed by atoms with E-state index in [0.29, 0.717) is 21.8 Å². The molecule has 0 amide bonds. The molecule has 2 N–H and O–H groups in total. The zero-order chi connectivity index (χ0) is 14.3. The maximum Gasteiger partial charge on any atom is 0.316 e. The average molecular weight is 309 g/mol. The summed E-state index contributed by atoms with van der Waals surface area (Å²) in [6, 6.07) is 4.81. The van der Waals surface area contributed by atoms with Crippen molar-refractivity contribution in [2.75, 3.05) is 5.73 Å². The fourth-order valence-electron chi connectivity index (χ4n) is 1.75. The van der Waals surface area contributed by atoms with Gasteiger partial charge in [-0.15, -0.1) is 11.3 Å². The second-order valence-corrected chi connectivity index (χ2v) is 7.16. The van der Waals surface area contributed by atoms with Crippen LogP contribution in [0.15, 0.2) is 33.2 Å². The Morgan fingerprint density at radius 2 is 2.15 bits per heavy atom. The van der Waals surface area contributed by atoms with E-state index in [1.165, 1.54) is 11.3 Å². The molecule has 0 aliphatic carbocycles. The minimum absolute atomic E-state index is 0.214. The van der Waals surface area contributed by atoms with Gasteiger partial charge >= 0.3 is 5.22 Å². The Morgan fingerprint density at radius 1 is 1.35 bits per heavy atom. The summed E-state index contributed by atoms with van der Waals surface area (Å²) in [5.74, 6) is -0.214. The summed E-state index contributed by atoms with van der Waals surface area (Å²) >= 11 is 1.30. The number of benzene rings is 1. The zero-order valence-corrected chi connectivity index (χ0v) is 12.2. The van der Waals surface area contributed by atoms with Gasteiger partial charge in [-0.3, -0.25) is 0 Å². The van der Waals surface area contributed by atoms with Gasteiger partial charge in [0.2, 0.25) is 9.84 Å². The Labute approximate surface area is 119 Å². The van der Waals surface area contributed by atoms with Crippen molar-refractivity contribution >= 4 is 38.0 Å². The molecule has 104 valence electrons. The highest BCUT2D eigenvalue weighted by Crippen LogP contribution is 2.24. The van der Waals surface area contributed by atoms with Crippen molar-refractivity contribution < 1.29 is 12.8 Å². The number of fused-ring (bicyclic) bond motifs is 1. The Balaban J connectivity index is 2.00. The number of rotatable bonds is 3. The number of hydrogen-bond acceptors (Lipinski definition) is 7. The Bertz CT molecular complexity index is 880. The topological polar surface area (TPSA) is 99.1 Å². The van der Waals surface area contributed by atoms with Gasteiger partial charge in [0.05, 0.1) is 0 Å². The van der Waals surface area contributed by atoms with Gasteiger partial charge in [0.1, 0.15) is 16.3 Å². The van der Waals surface area contributed by atoms with Crippen LogP contribution < -0.4 is 5.73 Å². The van der Waals surface area contributed by atoms with E-state index >= 15 is 0 Å². The molecule has 0 radical (unpaired) electrons. The van der Waals surface area contributed by atoms with E-state index in [1.54, 1.807) is 23.6 Å². The summed E-state index contributed by atoms with van der Waals surface area (Å²) in [4.78, 5) is 8.13. The molecule has 0 atom stereocenters. The summed E-state index contributed by atoms with van der Waals surface area (Å²) in [5, 5.41) is 2.02. The van der Waals surface area contributed by atoms with Gasteiger partial charge in [-0.2, -0.15) is 4.98 Å². The highest BCUT2D eigenvalue weighted by molar-refractivity contribution is 7.90. The molecule has 2 aromatic heterocycles. The van der Waals surface area contributed by atoms with E-state index < -0.39 is 9.84 Å². The van der Waals surface area contributed by atoms with Crippen LogP contribution >= 0.6 is 11.3 Å². The van der Waals surface area contributed by atoms with E-state index in [-0.39, 0.29) is 11.0 Å². The number of hydrogen-bond donors (Lipinski definition) is 1. The zero-order valence-electron chi connectivity index (χ0n) is 10.5. The maximum atomic E-state index is 12.2. The molecule has 20 heavy (non-hydrogen) atoms. The number of thiazole rings is 1. The van der Waals surface area contributed by atoms with Gasteiger partial charge in [0.15, 0.2) is 5.58 Å². The fourth-order valence-corrected chi connectivity index (χ4v) is 4.01. The molecule has 2 heterocycles. The number of aryl methyl sites for hydroxylation is 1. The second kappa shape index (κ2) is 4.57. The molecular formula is C12H11N3O3S2. The highest BCUT2D eigenvalue weighted by atomic mass is 32.2. The average Bonchev–Trinajstić information content (AvgIpc) is 2.95. The number of aromatic nitrogens is 2. The lowest BCUT2D eigenvalue weighted by Gasteiger charge is -1.95. The number of sulfone groups is 1. The SMILES string of the molecule is Cc1csc(CS(=O)(=O)c2nc3cc(N)ccc3o2)n1. The lowest BCUT2D eigenvalue weighted by Crippen LogP contribution is -2.05. The fraction of sp³-hybridized carbons (Fsp3) is 0.167. The minimum Gasteiger partial charge on any atom is -0.428 e. The van der Waals surface area contributed by atoms with Crippen LogP contribution in [0.1, 0.15) is 10.7 Å². The number of nitrogens with two attached hydrogens (primary N) is 1.